The Morgan fingerprint density at radius 1 is 1.15 bits per heavy atom. The molecule has 1 aromatic heterocycles. The van der Waals surface area contributed by atoms with Crippen LogP contribution in [0.25, 0.3) is 11.0 Å². The number of nitrogens with zero attached hydrogens (tertiary/aromatic N) is 3. The number of aromatic nitrogens is 2. The van der Waals surface area contributed by atoms with Gasteiger partial charge in [0.25, 0.3) is 5.91 Å². The number of ether oxygens (including phenoxy) is 2. The minimum atomic E-state index is -1.06. The SMILES string of the molecule is CC1(C(=O)NC2CCCC2)Cn2c(nc3ccccc32)C(=O)N1Cc1ccc2c(c1)OCO2. The molecule has 0 saturated heterocycles. The van der Waals surface area contributed by atoms with Crippen LogP contribution in [-0.2, 0) is 17.9 Å². The summed E-state index contributed by atoms with van der Waals surface area (Å²) in [5.74, 6) is 1.34. The first-order valence-electron chi connectivity index (χ1n) is 11.5. The molecule has 3 aliphatic rings. The van der Waals surface area contributed by atoms with Crippen molar-refractivity contribution in [2.24, 2.45) is 0 Å². The van der Waals surface area contributed by atoms with E-state index in [1.54, 1.807) is 4.90 Å². The van der Waals surface area contributed by atoms with E-state index < -0.39 is 5.54 Å². The maximum atomic E-state index is 13.8. The summed E-state index contributed by atoms with van der Waals surface area (Å²) in [7, 11) is 0. The Hall–Kier alpha value is -3.55. The van der Waals surface area contributed by atoms with Crippen molar-refractivity contribution in [1.29, 1.82) is 0 Å². The molecule has 8 nitrogen and oxygen atoms in total. The van der Waals surface area contributed by atoms with E-state index in [0.29, 0.717) is 23.9 Å². The van der Waals surface area contributed by atoms with E-state index in [1.165, 1.54) is 0 Å². The van der Waals surface area contributed by atoms with Crippen molar-refractivity contribution in [3.05, 3.63) is 53.9 Å². The molecule has 2 amide bonds. The minimum Gasteiger partial charge on any atom is -0.454 e. The van der Waals surface area contributed by atoms with E-state index in [9.17, 15) is 9.59 Å². The zero-order chi connectivity index (χ0) is 22.6. The van der Waals surface area contributed by atoms with E-state index >= 15 is 0 Å². The lowest BCUT2D eigenvalue weighted by atomic mass is 9.93. The fraction of sp³-hybridized carbons (Fsp3) is 0.400. The molecular formula is C25H26N4O4. The average molecular weight is 447 g/mol. The Bertz CT molecular complexity index is 1260. The molecule has 6 rings (SSSR count). The highest BCUT2D eigenvalue weighted by molar-refractivity contribution is 6.01. The third-order valence-corrected chi connectivity index (χ3v) is 7.11. The second-order valence-electron chi connectivity index (χ2n) is 9.32. The van der Waals surface area contributed by atoms with Crippen molar-refractivity contribution in [2.45, 2.75) is 57.3 Å². The Morgan fingerprint density at radius 2 is 1.94 bits per heavy atom. The molecule has 1 atom stereocenters. The summed E-state index contributed by atoms with van der Waals surface area (Å²) < 4.78 is 12.8. The maximum Gasteiger partial charge on any atom is 0.291 e. The van der Waals surface area contributed by atoms with Crippen molar-refractivity contribution in [1.82, 2.24) is 19.8 Å². The lowest BCUT2D eigenvalue weighted by Gasteiger charge is -2.44. The van der Waals surface area contributed by atoms with Gasteiger partial charge in [-0.25, -0.2) is 4.98 Å². The number of para-hydroxylation sites is 2. The van der Waals surface area contributed by atoms with Gasteiger partial charge in [0.2, 0.25) is 12.7 Å². The topological polar surface area (TPSA) is 85.7 Å². The van der Waals surface area contributed by atoms with Crippen LogP contribution in [0.3, 0.4) is 0 Å². The molecule has 3 heterocycles. The molecule has 0 spiro atoms. The number of imidazole rings is 1. The molecule has 8 heteroatoms. The molecule has 3 aromatic rings. The zero-order valence-corrected chi connectivity index (χ0v) is 18.5. The van der Waals surface area contributed by atoms with Gasteiger partial charge in [-0.3, -0.25) is 9.59 Å². The Kier molecular flexibility index (Phi) is 4.57. The standard InChI is InChI=1S/C25H26N4O4/c1-25(24(31)26-17-6-2-3-7-17)14-28-19-9-5-4-8-18(19)27-22(28)23(30)29(25)13-16-10-11-20-21(12-16)33-15-32-20/h4-5,8-12,17H,2-3,6-7,13-15H2,1H3,(H,26,31). The predicted octanol–water partition coefficient (Wildman–Crippen LogP) is 3.24. The van der Waals surface area contributed by atoms with Crippen LogP contribution in [0.2, 0.25) is 0 Å². The van der Waals surface area contributed by atoms with Gasteiger partial charge in [-0.15, -0.1) is 0 Å². The summed E-state index contributed by atoms with van der Waals surface area (Å²) in [6, 6.07) is 13.5. The maximum absolute atomic E-state index is 13.8. The number of hydrogen-bond acceptors (Lipinski definition) is 5. The lowest BCUT2D eigenvalue weighted by molar-refractivity contribution is -0.133. The van der Waals surface area contributed by atoms with E-state index in [-0.39, 0.29) is 31.2 Å². The van der Waals surface area contributed by atoms with Gasteiger partial charge >= 0.3 is 0 Å². The summed E-state index contributed by atoms with van der Waals surface area (Å²) in [4.78, 5) is 33.8. The number of hydrogen-bond donors (Lipinski definition) is 1. The largest absolute Gasteiger partial charge is 0.454 e. The Balaban J connectivity index is 1.40. The average Bonchev–Trinajstić information content (AvgIpc) is 3.56. The highest BCUT2D eigenvalue weighted by Crippen LogP contribution is 2.36. The van der Waals surface area contributed by atoms with Gasteiger partial charge in [0.05, 0.1) is 17.6 Å². The van der Waals surface area contributed by atoms with Crippen molar-refractivity contribution in [3.63, 3.8) is 0 Å². The monoisotopic (exact) mass is 446 g/mol. The van der Waals surface area contributed by atoms with Crippen LogP contribution in [0.4, 0.5) is 0 Å². The molecule has 33 heavy (non-hydrogen) atoms. The number of fused-ring (bicyclic) bond motifs is 4. The third kappa shape index (κ3) is 3.23. The summed E-state index contributed by atoms with van der Waals surface area (Å²) >= 11 is 0. The molecule has 2 aromatic carbocycles. The van der Waals surface area contributed by atoms with Crippen LogP contribution in [0.5, 0.6) is 11.5 Å². The number of rotatable bonds is 4. The van der Waals surface area contributed by atoms with Gasteiger partial charge in [0.1, 0.15) is 5.54 Å². The van der Waals surface area contributed by atoms with Crippen molar-refractivity contribution >= 4 is 22.8 Å². The van der Waals surface area contributed by atoms with Crippen LogP contribution in [-0.4, -0.2) is 44.6 Å². The van der Waals surface area contributed by atoms with Crippen LogP contribution < -0.4 is 14.8 Å². The molecule has 0 radical (unpaired) electrons. The summed E-state index contributed by atoms with van der Waals surface area (Å²) in [5, 5.41) is 3.23. The molecule has 1 saturated carbocycles. The molecule has 1 fully saturated rings. The van der Waals surface area contributed by atoms with Crippen LogP contribution in [0, 0.1) is 0 Å². The molecule has 170 valence electrons. The number of carbonyl (C=O) groups excluding carboxylic acids is 2. The van der Waals surface area contributed by atoms with E-state index in [2.05, 4.69) is 10.3 Å². The normalized spacial score (nSPS) is 22.1. The molecule has 1 unspecified atom stereocenters. The smallest absolute Gasteiger partial charge is 0.291 e. The van der Waals surface area contributed by atoms with Crippen molar-refractivity contribution < 1.29 is 19.1 Å². The first kappa shape index (κ1) is 20.1. The number of nitrogens with one attached hydrogen (secondary N) is 1. The number of carbonyl (C=O) groups is 2. The first-order chi connectivity index (χ1) is 16.0. The fourth-order valence-electron chi connectivity index (χ4n) is 5.21. The zero-order valence-electron chi connectivity index (χ0n) is 18.5. The van der Waals surface area contributed by atoms with E-state index in [1.807, 2.05) is 54.0 Å². The van der Waals surface area contributed by atoms with E-state index in [0.717, 1.165) is 42.3 Å². The van der Waals surface area contributed by atoms with E-state index in [4.69, 9.17) is 9.47 Å². The number of amides is 2. The molecule has 1 N–H and O–H groups in total. The van der Waals surface area contributed by atoms with Crippen molar-refractivity contribution in [3.8, 4) is 11.5 Å². The minimum absolute atomic E-state index is 0.119. The molecule has 0 bridgehead atoms. The molecule has 2 aliphatic heterocycles. The summed E-state index contributed by atoms with van der Waals surface area (Å²) in [6.45, 7) is 2.66. The van der Waals surface area contributed by atoms with Gasteiger partial charge in [-0.1, -0.05) is 31.0 Å². The first-order valence-corrected chi connectivity index (χ1v) is 11.5. The number of benzene rings is 2. The van der Waals surface area contributed by atoms with Crippen molar-refractivity contribution in [2.75, 3.05) is 6.79 Å². The van der Waals surface area contributed by atoms with Gasteiger partial charge in [0.15, 0.2) is 17.3 Å². The summed E-state index contributed by atoms with van der Waals surface area (Å²) in [6.07, 6.45) is 4.21. The van der Waals surface area contributed by atoms with Crippen LogP contribution in [0.15, 0.2) is 42.5 Å². The van der Waals surface area contributed by atoms with Crippen LogP contribution in [0.1, 0.15) is 48.8 Å². The van der Waals surface area contributed by atoms with Gasteiger partial charge in [-0.2, -0.15) is 0 Å². The molecular weight excluding hydrogens is 420 g/mol. The van der Waals surface area contributed by atoms with Gasteiger partial charge in [0, 0.05) is 12.6 Å². The fourth-order valence-corrected chi connectivity index (χ4v) is 5.21. The predicted molar refractivity (Wildman–Crippen MR) is 121 cm³/mol. The highest BCUT2D eigenvalue weighted by Gasteiger charge is 2.49. The van der Waals surface area contributed by atoms with Gasteiger partial charge < -0.3 is 24.3 Å². The Labute approximate surface area is 191 Å². The lowest BCUT2D eigenvalue weighted by Crippen LogP contribution is -2.64. The summed E-state index contributed by atoms with van der Waals surface area (Å²) in [5.41, 5.74) is 1.43. The second kappa shape index (κ2) is 7.50. The molecule has 1 aliphatic carbocycles. The second-order valence-corrected chi connectivity index (χ2v) is 9.32. The third-order valence-electron chi connectivity index (χ3n) is 7.11. The highest BCUT2D eigenvalue weighted by atomic mass is 16.7. The van der Waals surface area contributed by atoms with Gasteiger partial charge in [-0.05, 0) is 49.6 Å². The quantitative estimate of drug-likeness (QED) is 0.665. The Morgan fingerprint density at radius 3 is 2.79 bits per heavy atom. The van der Waals surface area contributed by atoms with Crippen LogP contribution >= 0.6 is 0 Å².